The van der Waals surface area contributed by atoms with E-state index in [9.17, 15) is 4.79 Å². The predicted molar refractivity (Wildman–Crippen MR) is 47.1 cm³/mol. The maximum Gasteiger partial charge on any atom is 0.287 e. The number of oxime groups is 1. The van der Waals surface area contributed by atoms with E-state index in [-0.39, 0.29) is 5.71 Å². The SMILES string of the molecule is NNC(=O)C(=NO)c1ccccc1. The molecule has 13 heavy (non-hydrogen) atoms. The van der Waals surface area contributed by atoms with Crippen molar-refractivity contribution >= 4 is 11.6 Å². The zero-order chi connectivity index (χ0) is 9.68. The van der Waals surface area contributed by atoms with Gasteiger partial charge in [0.15, 0.2) is 5.71 Å². The standard InChI is InChI=1S/C8H9N3O2/c9-10-8(12)7(11-13)6-4-2-1-3-5-6/h1-5,13H,9H2,(H,10,12). The maximum absolute atomic E-state index is 11.0. The van der Waals surface area contributed by atoms with Crippen LogP contribution < -0.4 is 11.3 Å². The Bertz CT molecular complexity index is 321. The number of amides is 1. The smallest absolute Gasteiger partial charge is 0.287 e. The van der Waals surface area contributed by atoms with Gasteiger partial charge in [0, 0.05) is 5.56 Å². The highest BCUT2D eigenvalue weighted by molar-refractivity contribution is 6.45. The molecule has 68 valence electrons. The van der Waals surface area contributed by atoms with Gasteiger partial charge < -0.3 is 5.21 Å². The molecule has 0 atom stereocenters. The molecule has 0 saturated carbocycles. The molecule has 0 aromatic heterocycles. The molecule has 0 aliphatic rings. The molecule has 0 fully saturated rings. The van der Waals surface area contributed by atoms with Gasteiger partial charge in [0.2, 0.25) is 0 Å². The minimum Gasteiger partial charge on any atom is -0.410 e. The molecule has 5 nitrogen and oxygen atoms in total. The molecular weight excluding hydrogens is 170 g/mol. The van der Waals surface area contributed by atoms with Gasteiger partial charge in [-0.2, -0.15) is 0 Å². The Morgan fingerprint density at radius 2 is 2.00 bits per heavy atom. The van der Waals surface area contributed by atoms with E-state index in [0.29, 0.717) is 5.56 Å². The second kappa shape index (κ2) is 4.22. The highest BCUT2D eigenvalue weighted by Gasteiger charge is 2.12. The summed E-state index contributed by atoms with van der Waals surface area (Å²) in [6.07, 6.45) is 0. The maximum atomic E-state index is 11.0. The van der Waals surface area contributed by atoms with Crippen LogP contribution in [0.2, 0.25) is 0 Å². The Morgan fingerprint density at radius 3 is 2.46 bits per heavy atom. The lowest BCUT2D eigenvalue weighted by atomic mass is 10.1. The second-order valence-electron chi connectivity index (χ2n) is 2.29. The summed E-state index contributed by atoms with van der Waals surface area (Å²) in [5.74, 6) is 4.26. The zero-order valence-electron chi connectivity index (χ0n) is 6.77. The number of hydrazine groups is 1. The summed E-state index contributed by atoms with van der Waals surface area (Å²) in [6.45, 7) is 0. The Hall–Kier alpha value is -1.88. The molecule has 1 aromatic rings. The molecule has 0 spiro atoms. The van der Waals surface area contributed by atoms with Crippen molar-refractivity contribution in [3.63, 3.8) is 0 Å². The van der Waals surface area contributed by atoms with E-state index in [1.165, 1.54) is 0 Å². The van der Waals surface area contributed by atoms with E-state index in [1.807, 2.05) is 5.43 Å². The van der Waals surface area contributed by atoms with Crippen molar-refractivity contribution in [1.82, 2.24) is 5.43 Å². The van der Waals surface area contributed by atoms with Gasteiger partial charge in [-0.3, -0.25) is 10.2 Å². The Labute approximate surface area is 74.8 Å². The number of hydrogen-bond acceptors (Lipinski definition) is 4. The molecule has 0 bridgehead atoms. The number of carbonyl (C=O) groups excluding carboxylic acids is 1. The molecule has 0 unspecified atom stereocenters. The van der Waals surface area contributed by atoms with E-state index in [4.69, 9.17) is 11.0 Å². The number of nitrogens with zero attached hydrogens (tertiary/aromatic N) is 1. The fourth-order valence-electron chi connectivity index (χ4n) is 0.899. The molecule has 1 rings (SSSR count). The zero-order valence-corrected chi connectivity index (χ0v) is 6.77. The average Bonchev–Trinajstić information content (AvgIpc) is 2.20. The molecule has 0 aliphatic carbocycles. The Kier molecular flexibility index (Phi) is 2.99. The van der Waals surface area contributed by atoms with Gasteiger partial charge in [-0.15, -0.1) is 0 Å². The number of carbonyl (C=O) groups is 1. The first-order chi connectivity index (χ1) is 6.29. The number of nitrogens with two attached hydrogens (primary N) is 1. The average molecular weight is 179 g/mol. The lowest BCUT2D eigenvalue weighted by Crippen LogP contribution is -2.36. The van der Waals surface area contributed by atoms with E-state index in [1.54, 1.807) is 30.3 Å². The fourth-order valence-corrected chi connectivity index (χ4v) is 0.899. The van der Waals surface area contributed by atoms with Crippen molar-refractivity contribution < 1.29 is 10.0 Å². The quantitative estimate of drug-likeness (QED) is 0.194. The normalized spacial score (nSPS) is 11.0. The van der Waals surface area contributed by atoms with Gasteiger partial charge >= 0.3 is 0 Å². The second-order valence-corrected chi connectivity index (χ2v) is 2.29. The van der Waals surface area contributed by atoms with Crippen molar-refractivity contribution in [3.8, 4) is 0 Å². The first-order valence-corrected chi connectivity index (χ1v) is 3.58. The highest BCUT2D eigenvalue weighted by Crippen LogP contribution is 2.00. The summed E-state index contributed by atoms with van der Waals surface area (Å²) < 4.78 is 0. The van der Waals surface area contributed by atoms with Gasteiger partial charge in [-0.1, -0.05) is 35.5 Å². The summed E-state index contributed by atoms with van der Waals surface area (Å²) in [6, 6.07) is 8.53. The molecule has 0 aliphatic heterocycles. The fraction of sp³-hybridized carbons (Fsp3) is 0. The molecule has 0 heterocycles. The molecule has 0 radical (unpaired) electrons. The molecule has 5 heteroatoms. The van der Waals surface area contributed by atoms with Gasteiger partial charge in [-0.05, 0) is 0 Å². The molecule has 4 N–H and O–H groups in total. The minimum absolute atomic E-state index is 0.108. The largest absolute Gasteiger partial charge is 0.410 e. The van der Waals surface area contributed by atoms with Crippen LogP contribution in [-0.2, 0) is 4.79 Å². The molecule has 1 aromatic carbocycles. The van der Waals surface area contributed by atoms with Crippen LogP contribution in [0.15, 0.2) is 35.5 Å². The topological polar surface area (TPSA) is 87.7 Å². The Morgan fingerprint density at radius 1 is 1.38 bits per heavy atom. The molecule has 1 amide bonds. The van der Waals surface area contributed by atoms with Crippen LogP contribution in [0.25, 0.3) is 0 Å². The van der Waals surface area contributed by atoms with Gasteiger partial charge in [0.25, 0.3) is 5.91 Å². The van der Waals surface area contributed by atoms with Crippen LogP contribution in [0.3, 0.4) is 0 Å². The van der Waals surface area contributed by atoms with Crippen molar-refractivity contribution in [2.75, 3.05) is 0 Å². The number of rotatable bonds is 2. The van der Waals surface area contributed by atoms with E-state index in [0.717, 1.165) is 0 Å². The van der Waals surface area contributed by atoms with Crippen LogP contribution in [0.4, 0.5) is 0 Å². The summed E-state index contributed by atoms with van der Waals surface area (Å²) in [4.78, 5) is 11.0. The summed E-state index contributed by atoms with van der Waals surface area (Å²) in [5, 5.41) is 11.4. The van der Waals surface area contributed by atoms with Crippen LogP contribution in [0.5, 0.6) is 0 Å². The van der Waals surface area contributed by atoms with Crippen LogP contribution in [-0.4, -0.2) is 16.8 Å². The van der Waals surface area contributed by atoms with Crippen molar-refractivity contribution in [2.45, 2.75) is 0 Å². The lowest BCUT2D eigenvalue weighted by molar-refractivity contribution is -0.114. The van der Waals surface area contributed by atoms with Crippen LogP contribution in [0, 0.1) is 0 Å². The number of benzene rings is 1. The first kappa shape index (κ1) is 9.21. The number of nitrogens with one attached hydrogen (secondary N) is 1. The summed E-state index contributed by atoms with van der Waals surface area (Å²) >= 11 is 0. The lowest BCUT2D eigenvalue weighted by Gasteiger charge is -2.01. The monoisotopic (exact) mass is 179 g/mol. The predicted octanol–water partition coefficient (Wildman–Crippen LogP) is -0.145. The van der Waals surface area contributed by atoms with E-state index < -0.39 is 5.91 Å². The minimum atomic E-state index is -0.631. The third-order valence-electron chi connectivity index (χ3n) is 1.49. The number of hydrogen-bond donors (Lipinski definition) is 3. The van der Waals surface area contributed by atoms with Gasteiger partial charge in [-0.25, -0.2) is 5.84 Å². The van der Waals surface area contributed by atoms with E-state index >= 15 is 0 Å². The van der Waals surface area contributed by atoms with Crippen LogP contribution >= 0.6 is 0 Å². The summed E-state index contributed by atoms with van der Waals surface area (Å²) in [5.41, 5.74) is 2.28. The highest BCUT2D eigenvalue weighted by atomic mass is 16.4. The van der Waals surface area contributed by atoms with Gasteiger partial charge in [0.05, 0.1) is 0 Å². The summed E-state index contributed by atoms with van der Waals surface area (Å²) in [7, 11) is 0. The van der Waals surface area contributed by atoms with Crippen molar-refractivity contribution in [2.24, 2.45) is 11.0 Å². The molecular formula is C8H9N3O2. The van der Waals surface area contributed by atoms with Crippen molar-refractivity contribution in [3.05, 3.63) is 35.9 Å². The van der Waals surface area contributed by atoms with Crippen molar-refractivity contribution in [1.29, 1.82) is 0 Å². The Balaban J connectivity index is 3.00. The van der Waals surface area contributed by atoms with E-state index in [2.05, 4.69) is 5.16 Å². The van der Waals surface area contributed by atoms with Crippen LogP contribution in [0.1, 0.15) is 5.56 Å². The first-order valence-electron chi connectivity index (χ1n) is 3.58. The molecule has 0 saturated heterocycles. The van der Waals surface area contributed by atoms with Gasteiger partial charge in [0.1, 0.15) is 0 Å². The third kappa shape index (κ3) is 2.03. The third-order valence-corrected chi connectivity index (χ3v) is 1.49.